The summed E-state index contributed by atoms with van der Waals surface area (Å²) in [5.41, 5.74) is 15.3. The molecule has 0 heterocycles. The molecule has 0 radical (unpaired) electrons. The molecule has 2 aromatic rings. The molecule has 2 rings (SSSR count). The van der Waals surface area contributed by atoms with Crippen LogP contribution in [0.3, 0.4) is 0 Å². The highest BCUT2D eigenvalue weighted by molar-refractivity contribution is 6.02. The van der Waals surface area contributed by atoms with Crippen molar-refractivity contribution in [2.45, 2.75) is 0 Å². The predicted octanol–water partition coefficient (Wildman–Crippen LogP) is 2.57. The number of benzene rings is 2. The Morgan fingerprint density at radius 3 is 2.41 bits per heavy atom. The van der Waals surface area contributed by atoms with Crippen LogP contribution in [0.25, 0.3) is 6.08 Å². The molecule has 0 bridgehead atoms. The maximum atomic E-state index is 11.9. The van der Waals surface area contributed by atoms with Gasteiger partial charge in [-0.15, -0.1) is 0 Å². The summed E-state index contributed by atoms with van der Waals surface area (Å²) < 4.78 is 0. The van der Waals surface area contributed by atoms with E-state index in [1.165, 1.54) is 6.08 Å². The molecule has 2 aromatic carbocycles. The fourth-order valence-corrected chi connectivity index (χ4v) is 1.90. The lowest BCUT2D eigenvalue weighted by Crippen LogP contribution is -2.09. The van der Waals surface area contributed by atoms with Gasteiger partial charge in [-0.2, -0.15) is 0 Å². The molecular formula is C17H20N4O. The lowest BCUT2D eigenvalue weighted by Gasteiger charge is -2.13. The normalized spacial score (nSPS) is 10.6. The third kappa shape index (κ3) is 4.02. The van der Waals surface area contributed by atoms with Gasteiger partial charge in [-0.05, 0) is 54.1 Å². The number of hydrogen-bond acceptors (Lipinski definition) is 4. The Morgan fingerprint density at radius 2 is 1.77 bits per heavy atom. The molecular weight excluding hydrogens is 276 g/mol. The molecule has 0 atom stereocenters. The van der Waals surface area contributed by atoms with Crippen LogP contribution >= 0.6 is 0 Å². The molecule has 0 saturated carbocycles. The molecule has 5 nitrogen and oxygen atoms in total. The first-order valence-electron chi connectivity index (χ1n) is 6.87. The van der Waals surface area contributed by atoms with Gasteiger partial charge in [0.2, 0.25) is 5.91 Å². The molecule has 22 heavy (non-hydrogen) atoms. The van der Waals surface area contributed by atoms with Crippen molar-refractivity contribution in [3.8, 4) is 0 Å². The van der Waals surface area contributed by atoms with Crippen molar-refractivity contribution >= 4 is 34.7 Å². The number of anilines is 4. The summed E-state index contributed by atoms with van der Waals surface area (Å²) in [6.45, 7) is 0. The van der Waals surface area contributed by atoms with Crippen LogP contribution in [-0.2, 0) is 4.79 Å². The van der Waals surface area contributed by atoms with E-state index >= 15 is 0 Å². The van der Waals surface area contributed by atoms with Gasteiger partial charge in [0, 0.05) is 42.9 Å². The number of rotatable bonds is 4. The maximum absolute atomic E-state index is 11.9. The van der Waals surface area contributed by atoms with Crippen LogP contribution in [-0.4, -0.2) is 20.0 Å². The molecule has 114 valence electrons. The molecule has 0 aromatic heterocycles. The van der Waals surface area contributed by atoms with Crippen LogP contribution < -0.4 is 21.7 Å². The summed E-state index contributed by atoms with van der Waals surface area (Å²) in [5, 5.41) is 2.76. The quantitative estimate of drug-likeness (QED) is 0.598. The molecule has 5 heteroatoms. The number of nitrogen functional groups attached to an aromatic ring is 2. The average molecular weight is 296 g/mol. The molecule has 0 aliphatic carbocycles. The van der Waals surface area contributed by atoms with Gasteiger partial charge in [0.1, 0.15) is 0 Å². The van der Waals surface area contributed by atoms with E-state index in [1.54, 1.807) is 30.3 Å². The van der Waals surface area contributed by atoms with Crippen molar-refractivity contribution in [1.29, 1.82) is 0 Å². The van der Waals surface area contributed by atoms with Gasteiger partial charge < -0.3 is 21.7 Å². The van der Waals surface area contributed by atoms with Crippen LogP contribution in [0.4, 0.5) is 22.7 Å². The van der Waals surface area contributed by atoms with Crippen LogP contribution in [0.1, 0.15) is 5.56 Å². The van der Waals surface area contributed by atoms with Gasteiger partial charge in [-0.3, -0.25) is 4.79 Å². The van der Waals surface area contributed by atoms with Crippen molar-refractivity contribution in [3.63, 3.8) is 0 Å². The standard InChI is InChI=1S/C17H20N4O/c1-21(2)15-8-9-16(19)12(11-15)3-10-17(22)20-14-6-4-13(18)5-7-14/h3-11H,18-19H2,1-2H3,(H,20,22). The molecule has 0 aliphatic rings. The number of nitrogens with two attached hydrogens (primary N) is 2. The van der Waals surface area contributed by atoms with Gasteiger partial charge in [0.05, 0.1) is 0 Å². The van der Waals surface area contributed by atoms with E-state index in [-0.39, 0.29) is 5.91 Å². The molecule has 5 N–H and O–H groups in total. The zero-order valence-electron chi connectivity index (χ0n) is 12.7. The molecule has 0 fully saturated rings. The number of nitrogens with one attached hydrogen (secondary N) is 1. The van der Waals surface area contributed by atoms with Crippen LogP contribution in [0.2, 0.25) is 0 Å². The Hall–Kier alpha value is -2.95. The van der Waals surface area contributed by atoms with Crippen LogP contribution in [0, 0.1) is 0 Å². The first kappa shape index (κ1) is 15.4. The first-order chi connectivity index (χ1) is 10.5. The third-order valence-corrected chi connectivity index (χ3v) is 3.18. The highest BCUT2D eigenvalue weighted by Crippen LogP contribution is 2.21. The topological polar surface area (TPSA) is 84.4 Å². The average Bonchev–Trinajstić information content (AvgIpc) is 2.48. The van der Waals surface area contributed by atoms with Gasteiger partial charge in [0.25, 0.3) is 0 Å². The zero-order chi connectivity index (χ0) is 16.1. The minimum absolute atomic E-state index is 0.223. The summed E-state index contributed by atoms with van der Waals surface area (Å²) in [6, 6.07) is 12.7. The summed E-state index contributed by atoms with van der Waals surface area (Å²) in [4.78, 5) is 13.9. The van der Waals surface area contributed by atoms with Crippen molar-refractivity contribution in [2.24, 2.45) is 0 Å². The largest absolute Gasteiger partial charge is 0.399 e. The summed E-state index contributed by atoms with van der Waals surface area (Å²) in [7, 11) is 3.90. The lowest BCUT2D eigenvalue weighted by molar-refractivity contribution is -0.111. The van der Waals surface area contributed by atoms with Gasteiger partial charge in [0.15, 0.2) is 0 Å². The van der Waals surface area contributed by atoms with E-state index in [9.17, 15) is 4.79 Å². The monoisotopic (exact) mass is 296 g/mol. The summed E-state index contributed by atoms with van der Waals surface area (Å²) in [6.07, 6.45) is 3.16. The van der Waals surface area contributed by atoms with Crippen LogP contribution in [0.5, 0.6) is 0 Å². The Labute approximate surface area is 130 Å². The number of carbonyl (C=O) groups excluding carboxylic acids is 1. The second kappa shape index (κ2) is 6.67. The highest BCUT2D eigenvalue weighted by atomic mass is 16.1. The highest BCUT2D eigenvalue weighted by Gasteiger charge is 2.02. The van der Waals surface area contributed by atoms with Crippen molar-refractivity contribution in [3.05, 3.63) is 54.1 Å². The van der Waals surface area contributed by atoms with Crippen molar-refractivity contribution in [2.75, 3.05) is 35.8 Å². The Kier molecular flexibility index (Phi) is 4.68. The van der Waals surface area contributed by atoms with Crippen molar-refractivity contribution < 1.29 is 4.79 Å². The smallest absolute Gasteiger partial charge is 0.248 e. The van der Waals surface area contributed by atoms with E-state index in [4.69, 9.17) is 11.5 Å². The molecule has 0 unspecified atom stereocenters. The number of nitrogens with zero attached hydrogens (tertiary/aromatic N) is 1. The molecule has 0 saturated heterocycles. The summed E-state index contributed by atoms with van der Waals surface area (Å²) >= 11 is 0. The summed E-state index contributed by atoms with van der Waals surface area (Å²) in [5.74, 6) is -0.223. The van der Waals surface area contributed by atoms with E-state index in [0.717, 1.165) is 11.3 Å². The zero-order valence-corrected chi connectivity index (χ0v) is 12.7. The number of amides is 1. The second-order valence-corrected chi connectivity index (χ2v) is 5.15. The Balaban J connectivity index is 2.09. The molecule has 0 aliphatic heterocycles. The first-order valence-corrected chi connectivity index (χ1v) is 6.87. The van der Waals surface area contributed by atoms with Gasteiger partial charge in [-0.25, -0.2) is 0 Å². The molecule has 1 amide bonds. The second-order valence-electron chi connectivity index (χ2n) is 5.15. The Bertz CT molecular complexity index is 690. The fraction of sp³-hybridized carbons (Fsp3) is 0.118. The van der Waals surface area contributed by atoms with E-state index in [2.05, 4.69) is 5.32 Å². The third-order valence-electron chi connectivity index (χ3n) is 3.18. The van der Waals surface area contributed by atoms with Crippen molar-refractivity contribution in [1.82, 2.24) is 0 Å². The number of carbonyl (C=O) groups is 1. The van der Waals surface area contributed by atoms with Gasteiger partial charge in [-0.1, -0.05) is 0 Å². The van der Waals surface area contributed by atoms with E-state index < -0.39 is 0 Å². The Morgan fingerprint density at radius 1 is 1.09 bits per heavy atom. The van der Waals surface area contributed by atoms with E-state index in [1.807, 2.05) is 37.2 Å². The lowest BCUT2D eigenvalue weighted by atomic mass is 10.1. The van der Waals surface area contributed by atoms with E-state index in [0.29, 0.717) is 17.1 Å². The minimum Gasteiger partial charge on any atom is -0.399 e. The minimum atomic E-state index is -0.223. The SMILES string of the molecule is CN(C)c1ccc(N)c(C=CC(=O)Nc2ccc(N)cc2)c1. The molecule has 0 spiro atoms. The van der Waals surface area contributed by atoms with Crippen LogP contribution in [0.15, 0.2) is 48.5 Å². The maximum Gasteiger partial charge on any atom is 0.248 e. The fourth-order valence-electron chi connectivity index (χ4n) is 1.90. The predicted molar refractivity (Wildman–Crippen MR) is 93.7 cm³/mol. The van der Waals surface area contributed by atoms with Gasteiger partial charge >= 0.3 is 0 Å². The number of hydrogen-bond donors (Lipinski definition) is 3.